The zero-order valence-electron chi connectivity index (χ0n) is 17.2. The number of benzene rings is 2. The Kier molecular flexibility index (Phi) is 6.25. The molecule has 0 amide bonds. The zero-order chi connectivity index (χ0) is 22.3. The molecule has 0 saturated heterocycles. The van der Waals surface area contributed by atoms with Crippen LogP contribution in [-0.2, 0) is 18.2 Å². The zero-order valence-corrected chi connectivity index (χ0v) is 18.0. The number of hydrogen-bond acceptors (Lipinski definition) is 2. The molecule has 30 heavy (non-hydrogen) atoms. The van der Waals surface area contributed by atoms with Crippen molar-refractivity contribution in [3.63, 3.8) is 0 Å². The second-order valence-corrected chi connectivity index (χ2v) is 9.07. The fraction of sp³-hybridized carbons (Fsp3) is 0.478. The first-order valence-electron chi connectivity index (χ1n) is 9.88. The van der Waals surface area contributed by atoms with Crippen molar-refractivity contribution >= 4 is 11.6 Å². The van der Waals surface area contributed by atoms with E-state index in [4.69, 9.17) is 11.6 Å². The van der Waals surface area contributed by atoms with Crippen LogP contribution in [0.2, 0.25) is 5.02 Å². The van der Waals surface area contributed by atoms with Gasteiger partial charge in [0.1, 0.15) is 11.4 Å². The summed E-state index contributed by atoms with van der Waals surface area (Å²) in [5.74, 6) is -0.0874. The molecule has 2 aromatic rings. The molecule has 1 fully saturated rings. The highest BCUT2D eigenvalue weighted by atomic mass is 35.5. The van der Waals surface area contributed by atoms with Crippen molar-refractivity contribution in [3.8, 4) is 0 Å². The number of rotatable bonds is 4. The summed E-state index contributed by atoms with van der Waals surface area (Å²) in [4.78, 5) is 1.88. The van der Waals surface area contributed by atoms with Crippen molar-refractivity contribution in [2.24, 2.45) is 5.92 Å². The molecular weight excluding hydrogens is 418 g/mol. The van der Waals surface area contributed by atoms with Crippen molar-refractivity contribution < 1.29 is 22.7 Å². The van der Waals surface area contributed by atoms with Crippen molar-refractivity contribution in [1.29, 1.82) is 0 Å². The van der Waals surface area contributed by atoms with Crippen LogP contribution in [0, 0.1) is 11.7 Å². The highest BCUT2D eigenvalue weighted by Gasteiger charge is 2.53. The van der Waals surface area contributed by atoms with E-state index in [-0.39, 0.29) is 22.3 Å². The van der Waals surface area contributed by atoms with E-state index in [1.807, 2.05) is 25.9 Å². The molecule has 0 bridgehead atoms. The van der Waals surface area contributed by atoms with E-state index >= 15 is 0 Å². The van der Waals surface area contributed by atoms with Gasteiger partial charge in [0.15, 0.2) is 0 Å². The molecule has 0 heterocycles. The van der Waals surface area contributed by atoms with Gasteiger partial charge in [0, 0.05) is 0 Å². The van der Waals surface area contributed by atoms with E-state index in [2.05, 4.69) is 0 Å². The molecule has 1 saturated carbocycles. The van der Waals surface area contributed by atoms with Crippen LogP contribution in [0.1, 0.15) is 42.9 Å². The molecule has 2 nitrogen and oxygen atoms in total. The average Bonchev–Trinajstić information content (AvgIpc) is 2.66. The minimum atomic E-state index is -4.60. The first-order valence-corrected chi connectivity index (χ1v) is 10.3. The predicted molar refractivity (Wildman–Crippen MR) is 110 cm³/mol. The van der Waals surface area contributed by atoms with Crippen LogP contribution in [0.3, 0.4) is 0 Å². The Balaban J connectivity index is 1.94. The molecule has 3 rings (SSSR count). The Morgan fingerprint density at radius 2 is 1.77 bits per heavy atom. The quantitative estimate of drug-likeness (QED) is 0.581. The van der Waals surface area contributed by atoms with E-state index in [0.29, 0.717) is 25.7 Å². The third kappa shape index (κ3) is 4.23. The average molecular weight is 444 g/mol. The summed E-state index contributed by atoms with van der Waals surface area (Å²) in [6, 6.07) is 10.0. The van der Waals surface area contributed by atoms with Crippen molar-refractivity contribution in [1.82, 2.24) is 4.90 Å². The van der Waals surface area contributed by atoms with Gasteiger partial charge in [0.25, 0.3) is 0 Å². The van der Waals surface area contributed by atoms with Gasteiger partial charge in [-0.15, -0.1) is 0 Å². The maximum atomic E-state index is 13.4. The molecule has 0 radical (unpaired) electrons. The molecule has 1 aliphatic rings. The summed E-state index contributed by atoms with van der Waals surface area (Å²) < 4.78 is 53.4. The monoisotopic (exact) mass is 443 g/mol. The summed E-state index contributed by atoms with van der Waals surface area (Å²) in [7, 11) is 3.65. The van der Waals surface area contributed by atoms with Gasteiger partial charge in [0.2, 0.25) is 0 Å². The summed E-state index contributed by atoms with van der Waals surface area (Å²) >= 11 is 5.78. The number of likely N-dealkylation sites (N-methyl/N-ethyl adjacent to an activating group) is 1. The molecular formula is C23H26ClF4NO. The lowest BCUT2D eigenvalue weighted by atomic mass is 9.62. The van der Waals surface area contributed by atoms with Crippen LogP contribution in [0.15, 0.2) is 42.5 Å². The SMILES string of the molecule is CN(C)C1(C)CC(Cc2ccc(F)cc2)CCC1(O)c1ccc(Cl)c(C(F)(F)F)c1. The summed E-state index contributed by atoms with van der Waals surface area (Å²) in [6.45, 7) is 1.88. The first kappa shape index (κ1) is 23.0. The fourth-order valence-electron chi connectivity index (χ4n) is 4.65. The predicted octanol–water partition coefficient (Wildman–Crippen LogP) is 6.05. The Morgan fingerprint density at radius 1 is 1.13 bits per heavy atom. The van der Waals surface area contributed by atoms with Gasteiger partial charge in [-0.25, -0.2) is 4.39 Å². The van der Waals surface area contributed by atoms with Crippen LogP contribution in [0.5, 0.6) is 0 Å². The van der Waals surface area contributed by atoms with Crippen LogP contribution in [0.4, 0.5) is 17.6 Å². The maximum Gasteiger partial charge on any atom is 0.417 e. The molecule has 1 N–H and O–H groups in total. The molecule has 7 heteroatoms. The van der Waals surface area contributed by atoms with Crippen LogP contribution in [-0.4, -0.2) is 29.6 Å². The fourth-order valence-corrected chi connectivity index (χ4v) is 4.88. The van der Waals surface area contributed by atoms with Crippen LogP contribution in [0.25, 0.3) is 0 Å². The Morgan fingerprint density at radius 3 is 2.33 bits per heavy atom. The van der Waals surface area contributed by atoms with E-state index < -0.39 is 22.9 Å². The largest absolute Gasteiger partial charge is 0.417 e. The van der Waals surface area contributed by atoms with Gasteiger partial charge in [-0.3, -0.25) is 0 Å². The molecule has 0 spiro atoms. The molecule has 3 atom stereocenters. The second-order valence-electron chi connectivity index (χ2n) is 8.66. The molecule has 0 aromatic heterocycles. The third-order valence-electron chi connectivity index (χ3n) is 6.67. The standard InChI is InChI=1S/C23H26ClF4NO/c1-21(29(2)3)14-16(12-15-4-7-18(25)8-5-15)10-11-22(21,30)17-6-9-20(24)19(13-17)23(26,27)28/h4-9,13,16,30H,10-12,14H2,1-3H3. The number of aliphatic hydroxyl groups is 1. The van der Waals surface area contributed by atoms with Gasteiger partial charge in [-0.1, -0.05) is 29.8 Å². The van der Waals surface area contributed by atoms with Gasteiger partial charge in [0.05, 0.1) is 16.1 Å². The number of halogens is 5. The minimum absolute atomic E-state index is 0.206. The highest BCUT2D eigenvalue weighted by Crippen LogP contribution is 2.50. The van der Waals surface area contributed by atoms with Crippen molar-refractivity contribution in [3.05, 3.63) is 70.0 Å². The van der Waals surface area contributed by atoms with Crippen LogP contribution >= 0.6 is 11.6 Å². The van der Waals surface area contributed by atoms with E-state index in [0.717, 1.165) is 11.6 Å². The van der Waals surface area contributed by atoms with Gasteiger partial charge in [-0.2, -0.15) is 13.2 Å². The maximum absolute atomic E-state index is 13.4. The van der Waals surface area contributed by atoms with Crippen molar-refractivity contribution in [2.45, 2.75) is 49.9 Å². The molecule has 0 aliphatic heterocycles. The Labute approximate surface area is 179 Å². The molecule has 2 aromatic carbocycles. The highest BCUT2D eigenvalue weighted by molar-refractivity contribution is 6.31. The lowest BCUT2D eigenvalue weighted by molar-refractivity contribution is -0.141. The Hall–Kier alpha value is -1.63. The van der Waals surface area contributed by atoms with E-state index in [1.165, 1.54) is 24.3 Å². The number of nitrogens with zero attached hydrogens (tertiary/aromatic N) is 1. The normalized spacial score (nSPS) is 27.5. The number of alkyl halides is 3. The number of hydrogen-bond donors (Lipinski definition) is 1. The smallest absolute Gasteiger partial charge is 0.383 e. The lowest BCUT2D eigenvalue weighted by Crippen LogP contribution is -2.61. The lowest BCUT2D eigenvalue weighted by Gasteiger charge is -2.55. The summed E-state index contributed by atoms with van der Waals surface area (Å²) in [5, 5.41) is 11.3. The summed E-state index contributed by atoms with van der Waals surface area (Å²) in [5.41, 5.74) is -1.99. The summed E-state index contributed by atoms with van der Waals surface area (Å²) in [6.07, 6.45) is -2.35. The second kappa shape index (κ2) is 8.13. The van der Waals surface area contributed by atoms with Crippen molar-refractivity contribution in [2.75, 3.05) is 14.1 Å². The minimum Gasteiger partial charge on any atom is -0.383 e. The van der Waals surface area contributed by atoms with Crippen LogP contribution < -0.4 is 0 Å². The third-order valence-corrected chi connectivity index (χ3v) is 7.00. The molecule has 164 valence electrons. The van der Waals surface area contributed by atoms with Gasteiger partial charge >= 0.3 is 6.18 Å². The van der Waals surface area contributed by atoms with E-state index in [9.17, 15) is 22.7 Å². The van der Waals surface area contributed by atoms with Gasteiger partial charge in [-0.05, 0) is 88.0 Å². The van der Waals surface area contributed by atoms with E-state index in [1.54, 1.807) is 12.1 Å². The van der Waals surface area contributed by atoms with Gasteiger partial charge < -0.3 is 10.0 Å². The first-order chi connectivity index (χ1) is 13.9. The Bertz CT molecular complexity index is 899. The molecule has 3 unspecified atom stereocenters. The topological polar surface area (TPSA) is 23.5 Å². The molecule has 1 aliphatic carbocycles.